The second-order valence-corrected chi connectivity index (χ2v) is 7.20. The molecule has 0 saturated carbocycles. The van der Waals surface area contributed by atoms with E-state index in [2.05, 4.69) is 0 Å². The van der Waals surface area contributed by atoms with Crippen molar-refractivity contribution < 1.29 is 19.1 Å². The molecular formula is C14H24Cl2O4. The molecule has 20 heavy (non-hydrogen) atoms. The van der Waals surface area contributed by atoms with Gasteiger partial charge >= 0.3 is 11.9 Å². The second-order valence-electron chi connectivity index (χ2n) is 5.89. The summed E-state index contributed by atoms with van der Waals surface area (Å²) in [7, 11) is 0. The Morgan fingerprint density at radius 2 is 1.10 bits per heavy atom. The number of hydrogen-bond donors (Lipinski definition) is 0. The summed E-state index contributed by atoms with van der Waals surface area (Å²) in [5, 5.41) is -0.649. The second kappa shape index (κ2) is 7.51. The largest absolute Gasteiger partial charge is 0.458 e. The molecule has 6 heteroatoms. The molecule has 0 radical (unpaired) electrons. The molecule has 2 unspecified atom stereocenters. The molecule has 0 aromatic heterocycles. The van der Waals surface area contributed by atoms with Crippen LogP contribution in [0.2, 0.25) is 0 Å². The third-order valence-corrected chi connectivity index (χ3v) is 4.25. The van der Waals surface area contributed by atoms with E-state index in [9.17, 15) is 9.59 Å². The lowest BCUT2D eigenvalue weighted by Crippen LogP contribution is -2.37. The Morgan fingerprint density at radius 1 is 0.850 bits per heavy atom. The van der Waals surface area contributed by atoms with Crippen LogP contribution in [0.3, 0.4) is 0 Å². The molecule has 0 saturated heterocycles. The quantitative estimate of drug-likeness (QED) is 0.529. The molecule has 2 atom stereocenters. The van der Waals surface area contributed by atoms with Gasteiger partial charge in [0, 0.05) is 0 Å². The van der Waals surface area contributed by atoms with Crippen LogP contribution < -0.4 is 0 Å². The smallest absolute Gasteiger partial charge is 0.306 e. The normalized spacial score (nSPS) is 15.4. The van der Waals surface area contributed by atoms with E-state index in [-0.39, 0.29) is 23.6 Å². The Morgan fingerprint density at radius 3 is 1.30 bits per heavy atom. The summed E-state index contributed by atoms with van der Waals surface area (Å²) in [5.74, 6) is -0.952. The van der Waals surface area contributed by atoms with E-state index in [1.54, 1.807) is 41.5 Å². The van der Waals surface area contributed by atoms with E-state index in [4.69, 9.17) is 32.7 Å². The number of rotatable bonds is 7. The lowest BCUT2D eigenvalue weighted by molar-refractivity contribution is -0.163. The fraction of sp³-hybridized carbons (Fsp3) is 0.857. The maximum Gasteiger partial charge on any atom is 0.306 e. The first-order valence-electron chi connectivity index (χ1n) is 6.60. The molecule has 4 nitrogen and oxygen atoms in total. The van der Waals surface area contributed by atoms with Crippen LogP contribution in [0.25, 0.3) is 0 Å². The molecule has 0 aliphatic heterocycles. The van der Waals surface area contributed by atoms with Crippen molar-refractivity contribution in [1.82, 2.24) is 0 Å². The van der Waals surface area contributed by atoms with E-state index >= 15 is 0 Å². The van der Waals surface area contributed by atoms with Crippen molar-refractivity contribution in [3.63, 3.8) is 0 Å². The van der Waals surface area contributed by atoms with Gasteiger partial charge in [-0.2, -0.15) is 0 Å². The van der Waals surface area contributed by atoms with Gasteiger partial charge in [-0.1, -0.05) is 0 Å². The van der Waals surface area contributed by atoms with Gasteiger partial charge in [0.2, 0.25) is 0 Å². The minimum Gasteiger partial charge on any atom is -0.458 e. The maximum absolute atomic E-state index is 11.7. The van der Waals surface area contributed by atoms with Gasteiger partial charge in [-0.15, -0.1) is 23.2 Å². The SMILES string of the molecule is CC(Cl)C(C)(C)OC(=O)CCC(=O)OC(C)(C)C(C)Cl. The summed E-state index contributed by atoms with van der Waals surface area (Å²) in [6.45, 7) is 10.4. The van der Waals surface area contributed by atoms with Crippen LogP contribution in [0, 0.1) is 0 Å². The zero-order chi connectivity index (χ0) is 16.1. The summed E-state index contributed by atoms with van der Waals surface area (Å²) < 4.78 is 10.4. The molecule has 0 aromatic carbocycles. The van der Waals surface area contributed by atoms with Crippen LogP contribution in [0.5, 0.6) is 0 Å². The predicted octanol–water partition coefficient (Wildman–Crippen LogP) is 3.66. The lowest BCUT2D eigenvalue weighted by Gasteiger charge is -2.28. The summed E-state index contributed by atoms with van der Waals surface area (Å²) in [6.07, 6.45) is -0.0861. The van der Waals surface area contributed by atoms with Crippen molar-refractivity contribution in [2.75, 3.05) is 0 Å². The minimum absolute atomic E-state index is 0.0430. The number of carbonyl (C=O) groups is 2. The highest BCUT2D eigenvalue weighted by molar-refractivity contribution is 6.21. The Hall–Kier alpha value is -0.480. The zero-order valence-electron chi connectivity index (χ0n) is 13.0. The number of carbonyl (C=O) groups excluding carboxylic acids is 2. The molecular weight excluding hydrogens is 303 g/mol. The van der Waals surface area contributed by atoms with Crippen LogP contribution in [-0.2, 0) is 19.1 Å². The fourth-order valence-electron chi connectivity index (χ4n) is 1.06. The van der Waals surface area contributed by atoms with Crippen molar-refractivity contribution in [3.05, 3.63) is 0 Å². The van der Waals surface area contributed by atoms with Gasteiger partial charge in [0.05, 0.1) is 23.6 Å². The highest BCUT2D eigenvalue weighted by Crippen LogP contribution is 2.22. The number of ether oxygens (including phenoxy) is 2. The first-order valence-corrected chi connectivity index (χ1v) is 7.47. The number of halogens is 2. The standard InChI is InChI=1S/C14H24Cl2O4/c1-9(15)13(3,4)19-11(17)7-8-12(18)20-14(5,6)10(2)16/h9-10H,7-8H2,1-6H3. The van der Waals surface area contributed by atoms with Crippen LogP contribution in [0.4, 0.5) is 0 Å². The zero-order valence-corrected chi connectivity index (χ0v) is 14.5. The molecule has 0 rings (SSSR count). The fourth-order valence-corrected chi connectivity index (χ4v) is 1.14. The monoisotopic (exact) mass is 326 g/mol. The van der Waals surface area contributed by atoms with Gasteiger partial charge in [-0.25, -0.2) is 0 Å². The van der Waals surface area contributed by atoms with Crippen LogP contribution in [0.1, 0.15) is 54.4 Å². The van der Waals surface area contributed by atoms with Gasteiger partial charge in [0.25, 0.3) is 0 Å². The first kappa shape index (κ1) is 19.5. The van der Waals surface area contributed by atoms with Gasteiger partial charge in [0.1, 0.15) is 11.2 Å². The minimum atomic E-state index is -0.771. The van der Waals surface area contributed by atoms with Gasteiger partial charge in [0.15, 0.2) is 0 Å². The van der Waals surface area contributed by atoms with Crippen molar-refractivity contribution in [1.29, 1.82) is 0 Å². The Labute approximate surface area is 131 Å². The number of hydrogen-bond acceptors (Lipinski definition) is 4. The van der Waals surface area contributed by atoms with Gasteiger partial charge in [-0.05, 0) is 41.5 Å². The van der Waals surface area contributed by atoms with Crippen LogP contribution in [0.15, 0.2) is 0 Å². The van der Waals surface area contributed by atoms with E-state index in [0.29, 0.717) is 0 Å². The highest BCUT2D eigenvalue weighted by atomic mass is 35.5. The molecule has 118 valence electrons. The Kier molecular flexibility index (Phi) is 7.33. The molecule has 0 amide bonds. The van der Waals surface area contributed by atoms with E-state index in [0.717, 1.165) is 0 Å². The van der Waals surface area contributed by atoms with Crippen molar-refractivity contribution >= 4 is 35.1 Å². The highest BCUT2D eigenvalue weighted by Gasteiger charge is 2.30. The first-order chi connectivity index (χ1) is 8.88. The summed E-state index contributed by atoms with van der Waals surface area (Å²) in [4.78, 5) is 23.3. The average molecular weight is 327 g/mol. The topological polar surface area (TPSA) is 52.6 Å². The Balaban J connectivity index is 4.24. The van der Waals surface area contributed by atoms with E-state index in [1.165, 1.54) is 0 Å². The van der Waals surface area contributed by atoms with E-state index < -0.39 is 23.1 Å². The number of esters is 2. The molecule has 0 fully saturated rings. The summed E-state index contributed by atoms with van der Waals surface area (Å²) in [5.41, 5.74) is -1.54. The lowest BCUT2D eigenvalue weighted by atomic mass is 10.1. The molecule has 0 N–H and O–H groups in total. The molecule has 0 aliphatic rings. The van der Waals surface area contributed by atoms with Crippen LogP contribution in [-0.4, -0.2) is 33.9 Å². The third kappa shape index (κ3) is 6.80. The average Bonchev–Trinajstić information content (AvgIpc) is 2.24. The molecule has 0 heterocycles. The number of alkyl halides is 2. The van der Waals surface area contributed by atoms with Crippen LogP contribution >= 0.6 is 23.2 Å². The molecule has 0 aliphatic carbocycles. The molecule has 0 bridgehead atoms. The van der Waals surface area contributed by atoms with Crippen molar-refractivity contribution in [2.45, 2.75) is 76.3 Å². The third-order valence-electron chi connectivity index (χ3n) is 3.20. The predicted molar refractivity (Wildman–Crippen MR) is 80.2 cm³/mol. The van der Waals surface area contributed by atoms with Crippen molar-refractivity contribution in [3.8, 4) is 0 Å². The van der Waals surface area contributed by atoms with Crippen molar-refractivity contribution in [2.24, 2.45) is 0 Å². The van der Waals surface area contributed by atoms with Gasteiger partial charge in [-0.3, -0.25) is 9.59 Å². The molecule has 0 aromatic rings. The Bertz CT molecular complexity index is 315. The maximum atomic E-state index is 11.7. The summed E-state index contributed by atoms with van der Waals surface area (Å²) in [6, 6.07) is 0. The summed E-state index contributed by atoms with van der Waals surface area (Å²) >= 11 is 11.8. The van der Waals surface area contributed by atoms with Gasteiger partial charge < -0.3 is 9.47 Å². The van der Waals surface area contributed by atoms with E-state index in [1.807, 2.05) is 0 Å². The molecule has 0 spiro atoms.